The second-order valence-electron chi connectivity index (χ2n) is 9.35. The van der Waals surface area contributed by atoms with Crippen molar-refractivity contribution in [1.29, 1.82) is 0 Å². The number of sulfonamides is 1. The van der Waals surface area contributed by atoms with Crippen molar-refractivity contribution >= 4 is 27.8 Å². The maximum Gasteiger partial charge on any atom is 0.323 e. The molecule has 0 amide bonds. The number of carboxylic acid groups (broad SMARTS) is 1. The zero-order chi connectivity index (χ0) is 22.4. The Morgan fingerprint density at radius 3 is 2.42 bits per heavy atom. The van der Waals surface area contributed by atoms with Crippen molar-refractivity contribution in [2.24, 2.45) is 5.41 Å². The van der Waals surface area contributed by atoms with Gasteiger partial charge in [-0.15, -0.1) is 0 Å². The van der Waals surface area contributed by atoms with Gasteiger partial charge in [-0.1, -0.05) is 25.6 Å². The first kappa shape index (κ1) is 22.4. The lowest BCUT2D eigenvalue weighted by atomic mass is 9.77. The van der Waals surface area contributed by atoms with Crippen LogP contribution in [-0.4, -0.2) is 41.5 Å². The summed E-state index contributed by atoms with van der Waals surface area (Å²) in [6.07, 6.45) is 4.70. The van der Waals surface area contributed by atoms with E-state index in [1.807, 2.05) is 23.6 Å². The summed E-state index contributed by atoms with van der Waals surface area (Å²) in [4.78, 5) is 13.9. The number of nitrogens with zero attached hydrogens (tertiary/aromatic N) is 2. The Labute approximate surface area is 188 Å². The predicted molar refractivity (Wildman–Crippen MR) is 121 cm³/mol. The van der Waals surface area contributed by atoms with Crippen LogP contribution >= 0.6 is 11.8 Å². The smallest absolute Gasteiger partial charge is 0.323 e. The molecule has 0 unspecified atom stereocenters. The molecule has 4 rings (SSSR count). The number of aromatic nitrogens is 1. The summed E-state index contributed by atoms with van der Waals surface area (Å²) in [5.41, 5.74) is 3.51. The monoisotopic (exact) mass is 462 g/mol. The highest BCUT2D eigenvalue weighted by Crippen LogP contribution is 2.44. The summed E-state index contributed by atoms with van der Waals surface area (Å²) in [6, 6.07) is 7.10. The van der Waals surface area contributed by atoms with Gasteiger partial charge in [0.2, 0.25) is 10.0 Å². The van der Waals surface area contributed by atoms with Crippen LogP contribution in [0.25, 0.3) is 0 Å². The van der Waals surface area contributed by atoms with Gasteiger partial charge in [-0.25, -0.2) is 8.42 Å². The van der Waals surface area contributed by atoms with E-state index in [-0.39, 0.29) is 12.0 Å². The van der Waals surface area contributed by atoms with Crippen molar-refractivity contribution in [3.05, 3.63) is 41.2 Å². The number of carbonyl (C=O) groups is 1. The van der Waals surface area contributed by atoms with E-state index in [2.05, 4.69) is 13.8 Å². The maximum absolute atomic E-state index is 12.8. The summed E-state index contributed by atoms with van der Waals surface area (Å²) < 4.78 is 29.1. The zero-order valence-electron chi connectivity index (χ0n) is 18.3. The summed E-state index contributed by atoms with van der Waals surface area (Å²) in [6.45, 7) is 7.61. The van der Waals surface area contributed by atoms with Crippen molar-refractivity contribution < 1.29 is 18.3 Å². The first-order chi connectivity index (χ1) is 14.6. The molecule has 1 aliphatic heterocycles. The summed E-state index contributed by atoms with van der Waals surface area (Å²) in [5, 5.41) is 9.43. The maximum atomic E-state index is 12.8. The molecule has 0 radical (unpaired) electrons. The minimum absolute atomic E-state index is 0.0299. The fourth-order valence-corrected chi connectivity index (χ4v) is 7.29. The quantitative estimate of drug-likeness (QED) is 0.691. The molecule has 1 aliphatic carbocycles. The number of rotatable bonds is 6. The van der Waals surface area contributed by atoms with Gasteiger partial charge in [0.1, 0.15) is 6.54 Å². The Hall–Kier alpha value is -1.77. The van der Waals surface area contributed by atoms with Crippen LogP contribution in [0.4, 0.5) is 0 Å². The van der Waals surface area contributed by atoms with E-state index in [9.17, 15) is 18.3 Å². The van der Waals surface area contributed by atoms with Gasteiger partial charge in [-0.2, -0.15) is 4.31 Å². The molecule has 0 spiro atoms. The van der Waals surface area contributed by atoms with Gasteiger partial charge >= 0.3 is 5.97 Å². The molecular weight excluding hydrogens is 432 g/mol. The van der Waals surface area contributed by atoms with Crippen LogP contribution in [0.3, 0.4) is 0 Å². The van der Waals surface area contributed by atoms with E-state index >= 15 is 0 Å². The van der Waals surface area contributed by atoms with Crippen LogP contribution in [0.2, 0.25) is 0 Å². The summed E-state index contributed by atoms with van der Waals surface area (Å²) >= 11 is 1.61. The lowest BCUT2D eigenvalue weighted by molar-refractivity contribution is -0.137. The van der Waals surface area contributed by atoms with Gasteiger partial charge in [-0.05, 0) is 74.3 Å². The molecule has 2 heterocycles. The molecule has 6 nitrogen and oxygen atoms in total. The average Bonchev–Trinajstić information content (AvgIpc) is 3.32. The molecule has 1 N–H and O–H groups in total. The SMILES string of the molecule is Cc1c(Sc2ccc(S(=O)(=O)N3CCCC3)cc2)c2c(n1CC(=O)O)CC(C)(C)CC2. The molecule has 168 valence electrons. The zero-order valence-corrected chi connectivity index (χ0v) is 20.0. The molecule has 1 saturated heterocycles. The molecule has 1 aromatic heterocycles. The van der Waals surface area contributed by atoms with Gasteiger partial charge in [0.15, 0.2) is 0 Å². The number of hydrogen-bond acceptors (Lipinski definition) is 4. The van der Waals surface area contributed by atoms with Crippen LogP contribution < -0.4 is 0 Å². The van der Waals surface area contributed by atoms with Crippen LogP contribution in [0.15, 0.2) is 39.0 Å². The van der Waals surface area contributed by atoms with E-state index in [1.54, 1.807) is 28.2 Å². The third-order valence-corrected chi connectivity index (χ3v) is 9.59. The lowest BCUT2D eigenvalue weighted by Crippen LogP contribution is -2.27. The van der Waals surface area contributed by atoms with Gasteiger partial charge in [0.05, 0.1) is 4.90 Å². The summed E-state index contributed by atoms with van der Waals surface area (Å²) in [5.74, 6) is -0.836. The number of benzene rings is 1. The highest BCUT2D eigenvalue weighted by Gasteiger charge is 2.32. The van der Waals surface area contributed by atoms with E-state index in [0.717, 1.165) is 53.3 Å². The van der Waals surface area contributed by atoms with E-state index < -0.39 is 16.0 Å². The van der Waals surface area contributed by atoms with Crippen LogP contribution in [-0.2, 0) is 34.2 Å². The molecule has 2 aliphatic rings. The molecule has 0 bridgehead atoms. The summed E-state index contributed by atoms with van der Waals surface area (Å²) in [7, 11) is -3.42. The predicted octanol–water partition coefficient (Wildman–Crippen LogP) is 4.33. The highest BCUT2D eigenvalue weighted by molar-refractivity contribution is 7.99. The first-order valence-corrected chi connectivity index (χ1v) is 13.0. The third kappa shape index (κ3) is 4.43. The number of aliphatic carboxylic acids is 1. The standard InChI is InChI=1S/C23H30N2O4S2/c1-16-22(19-10-11-23(2,3)14-20(19)25(16)15-21(26)27)30-17-6-8-18(9-7-17)31(28,29)24-12-4-5-13-24/h6-9H,4-5,10-15H2,1-3H3,(H,26,27). The Balaban J connectivity index is 1.64. The van der Waals surface area contributed by atoms with Gasteiger partial charge < -0.3 is 9.67 Å². The molecule has 1 aromatic carbocycles. The van der Waals surface area contributed by atoms with Gasteiger partial charge in [-0.3, -0.25) is 4.79 Å². The van der Waals surface area contributed by atoms with Crippen molar-refractivity contribution in [3.63, 3.8) is 0 Å². The Morgan fingerprint density at radius 1 is 1.16 bits per heavy atom. The molecule has 8 heteroatoms. The lowest BCUT2D eigenvalue weighted by Gasteiger charge is -2.31. The second-order valence-corrected chi connectivity index (χ2v) is 12.4. The highest BCUT2D eigenvalue weighted by atomic mass is 32.2. The van der Waals surface area contributed by atoms with Gasteiger partial charge in [0.25, 0.3) is 0 Å². The largest absolute Gasteiger partial charge is 0.480 e. The van der Waals surface area contributed by atoms with E-state index in [4.69, 9.17) is 0 Å². The normalized spacial score (nSPS) is 18.8. The van der Waals surface area contributed by atoms with E-state index in [0.29, 0.717) is 18.0 Å². The number of fused-ring (bicyclic) bond motifs is 1. The Kier molecular flexibility index (Phi) is 6.00. The minimum atomic E-state index is -3.42. The first-order valence-electron chi connectivity index (χ1n) is 10.8. The molecule has 1 fully saturated rings. The van der Waals surface area contributed by atoms with Crippen molar-refractivity contribution in [1.82, 2.24) is 8.87 Å². The number of carboxylic acids is 1. The van der Waals surface area contributed by atoms with Crippen molar-refractivity contribution in [2.45, 2.75) is 74.1 Å². The molecule has 0 saturated carbocycles. The third-order valence-electron chi connectivity index (χ3n) is 6.42. The number of hydrogen-bond donors (Lipinski definition) is 1. The molecular formula is C23H30N2O4S2. The van der Waals surface area contributed by atoms with Crippen LogP contribution in [0.1, 0.15) is 50.1 Å². The van der Waals surface area contributed by atoms with Gasteiger partial charge in [0, 0.05) is 34.3 Å². The topological polar surface area (TPSA) is 79.6 Å². The second kappa shape index (κ2) is 8.30. The Bertz CT molecular complexity index is 1100. The van der Waals surface area contributed by atoms with E-state index in [1.165, 1.54) is 5.56 Å². The van der Waals surface area contributed by atoms with Crippen LogP contribution in [0.5, 0.6) is 0 Å². The van der Waals surface area contributed by atoms with Crippen molar-refractivity contribution in [3.8, 4) is 0 Å². The fraction of sp³-hybridized carbons (Fsp3) is 0.522. The Morgan fingerprint density at radius 2 is 1.81 bits per heavy atom. The molecule has 31 heavy (non-hydrogen) atoms. The van der Waals surface area contributed by atoms with Crippen LogP contribution in [0, 0.1) is 12.3 Å². The molecule has 2 aromatic rings. The van der Waals surface area contributed by atoms with Crippen molar-refractivity contribution in [2.75, 3.05) is 13.1 Å². The molecule has 0 atom stereocenters. The fourth-order valence-electron chi connectivity index (χ4n) is 4.66. The average molecular weight is 463 g/mol. The minimum Gasteiger partial charge on any atom is -0.480 e.